The highest BCUT2D eigenvalue weighted by molar-refractivity contribution is 9.10. The molecule has 4 nitrogen and oxygen atoms in total. The zero-order chi connectivity index (χ0) is 15.4. The third-order valence-corrected chi connectivity index (χ3v) is 3.54. The first kappa shape index (κ1) is 15.8. The minimum absolute atomic E-state index is 0.246. The fourth-order valence-corrected chi connectivity index (χ4v) is 2.09. The highest BCUT2D eigenvalue weighted by Crippen LogP contribution is 2.29. The maximum absolute atomic E-state index is 5.93. The Labute approximate surface area is 134 Å². The smallest absolute Gasteiger partial charge is 0.227 e. The summed E-state index contributed by atoms with van der Waals surface area (Å²) in [5.74, 6) is 3.23. The molecule has 0 amide bonds. The van der Waals surface area contributed by atoms with Crippen LogP contribution in [0.3, 0.4) is 0 Å². The molecule has 1 N–H and O–H groups in total. The van der Waals surface area contributed by atoms with Gasteiger partial charge in [0.1, 0.15) is 17.4 Å². The van der Waals surface area contributed by atoms with Gasteiger partial charge in [0.25, 0.3) is 0 Å². The zero-order valence-corrected chi connectivity index (χ0v) is 14.4. The van der Waals surface area contributed by atoms with Crippen LogP contribution in [0.15, 0.2) is 28.7 Å². The third-order valence-electron chi connectivity index (χ3n) is 3.01. The third kappa shape index (κ3) is 3.94. The number of aromatic nitrogens is 2. The molecule has 2 aromatic rings. The van der Waals surface area contributed by atoms with Crippen molar-refractivity contribution in [2.75, 3.05) is 11.9 Å². The van der Waals surface area contributed by atoms with Gasteiger partial charge in [-0.1, -0.05) is 29.8 Å². The van der Waals surface area contributed by atoms with Gasteiger partial charge in [-0.2, -0.15) is 4.98 Å². The van der Waals surface area contributed by atoms with Gasteiger partial charge < -0.3 is 10.1 Å². The molecule has 0 radical (unpaired) electrons. The van der Waals surface area contributed by atoms with E-state index in [1.807, 2.05) is 38.1 Å². The van der Waals surface area contributed by atoms with E-state index < -0.39 is 0 Å². The van der Waals surface area contributed by atoms with Gasteiger partial charge in [-0.15, -0.1) is 0 Å². The van der Waals surface area contributed by atoms with E-state index in [1.165, 1.54) is 0 Å². The van der Waals surface area contributed by atoms with Crippen LogP contribution in [-0.2, 0) is 0 Å². The molecule has 0 spiro atoms. The van der Waals surface area contributed by atoms with Gasteiger partial charge in [-0.25, -0.2) is 4.98 Å². The minimum Gasteiger partial charge on any atom is -0.439 e. The number of hydrogen-bond acceptors (Lipinski definition) is 4. The van der Waals surface area contributed by atoms with Crippen LogP contribution in [0.25, 0.3) is 0 Å². The maximum Gasteiger partial charge on any atom is 0.227 e. The first-order valence-electron chi connectivity index (χ1n) is 7.07. The normalized spacial score (nSPS) is 10.8. The molecule has 112 valence electrons. The molecule has 0 aliphatic heterocycles. The Bertz CT molecular complexity index is 612. The second-order valence-corrected chi connectivity index (χ2v) is 6.02. The van der Waals surface area contributed by atoms with E-state index in [9.17, 15) is 0 Å². The summed E-state index contributed by atoms with van der Waals surface area (Å²) >= 11 is 3.42. The van der Waals surface area contributed by atoms with E-state index in [1.54, 1.807) is 0 Å². The summed E-state index contributed by atoms with van der Waals surface area (Å²) in [5.41, 5.74) is 0.921. The van der Waals surface area contributed by atoms with E-state index >= 15 is 0 Å². The quantitative estimate of drug-likeness (QED) is 0.834. The molecule has 2 rings (SSSR count). The lowest BCUT2D eigenvalue weighted by atomic mass is 10.2. The lowest BCUT2D eigenvalue weighted by Gasteiger charge is -2.15. The first-order chi connectivity index (χ1) is 10.0. The zero-order valence-electron chi connectivity index (χ0n) is 12.8. The van der Waals surface area contributed by atoms with Crippen molar-refractivity contribution in [3.8, 4) is 11.6 Å². The number of nitrogens with one attached hydrogen (secondary N) is 1. The molecule has 1 heterocycles. The average molecular weight is 350 g/mol. The maximum atomic E-state index is 5.93. The van der Waals surface area contributed by atoms with Crippen molar-refractivity contribution >= 4 is 21.7 Å². The molecule has 0 saturated carbocycles. The van der Waals surface area contributed by atoms with Crippen molar-refractivity contribution in [3.05, 3.63) is 40.1 Å². The van der Waals surface area contributed by atoms with E-state index in [4.69, 9.17) is 4.74 Å². The molecular weight excluding hydrogens is 330 g/mol. The van der Waals surface area contributed by atoms with Crippen LogP contribution in [0, 0.1) is 6.92 Å². The Balaban J connectivity index is 2.38. The van der Waals surface area contributed by atoms with E-state index in [-0.39, 0.29) is 5.92 Å². The highest BCUT2D eigenvalue weighted by atomic mass is 79.9. The monoisotopic (exact) mass is 349 g/mol. The Morgan fingerprint density at radius 1 is 1.19 bits per heavy atom. The molecule has 0 aliphatic rings. The second-order valence-electron chi connectivity index (χ2n) is 5.10. The van der Waals surface area contributed by atoms with Crippen LogP contribution in [0.1, 0.15) is 38.1 Å². The number of anilines is 1. The largest absolute Gasteiger partial charge is 0.439 e. The Morgan fingerprint density at radius 3 is 2.43 bits per heavy atom. The van der Waals surface area contributed by atoms with Gasteiger partial charge in [0.15, 0.2) is 0 Å². The van der Waals surface area contributed by atoms with Crippen LogP contribution in [0.5, 0.6) is 11.6 Å². The topological polar surface area (TPSA) is 47.0 Å². The Hall–Kier alpha value is -1.62. The predicted octanol–water partition coefficient (Wildman–Crippen LogP) is 4.90. The average Bonchev–Trinajstić information content (AvgIpc) is 2.45. The molecule has 1 aromatic heterocycles. The van der Waals surface area contributed by atoms with Crippen LogP contribution in [0.2, 0.25) is 0 Å². The summed E-state index contributed by atoms with van der Waals surface area (Å²) < 4.78 is 6.95. The molecule has 0 fully saturated rings. The van der Waals surface area contributed by atoms with E-state index in [0.717, 1.165) is 34.0 Å². The number of halogens is 1. The summed E-state index contributed by atoms with van der Waals surface area (Å²) in [5, 5.41) is 3.27. The first-order valence-corrected chi connectivity index (χ1v) is 7.86. The summed E-state index contributed by atoms with van der Waals surface area (Å²) in [4.78, 5) is 9.12. The molecule has 0 saturated heterocycles. The van der Waals surface area contributed by atoms with E-state index in [2.05, 4.69) is 45.1 Å². The summed E-state index contributed by atoms with van der Waals surface area (Å²) in [6.07, 6.45) is 0. The lowest BCUT2D eigenvalue weighted by molar-refractivity contribution is 0.453. The summed E-state index contributed by atoms with van der Waals surface area (Å²) in [6.45, 7) is 8.98. The second kappa shape index (κ2) is 6.89. The van der Waals surface area contributed by atoms with Crippen molar-refractivity contribution < 1.29 is 4.74 Å². The Morgan fingerprint density at radius 2 is 1.86 bits per heavy atom. The standard InChI is InChI=1S/C16H20BrN3O/c1-5-18-15-11(4)16(20-14(19-15)10(2)3)21-13-8-6-12(17)7-9-13/h6-10H,5H2,1-4H3,(H,18,19,20). The molecule has 0 unspecified atom stereocenters. The Kier molecular flexibility index (Phi) is 5.17. The number of benzene rings is 1. The highest BCUT2D eigenvalue weighted by Gasteiger charge is 2.14. The number of ether oxygens (including phenoxy) is 1. The molecule has 0 bridgehead atoms. The fourth-order valence-electron chi connectivity index (χ4n) is 1.82. The van der Waals surface area contributed by atoms with Crippen molar-refractivity contribution in [2.45, 2.75) is 33.6 Å². The van der Waals surface area contributed by atoms with Crippen LogP contribution in [0.4, 0.5) is 5.82 Å². The minimum atomic E-state index is 0.246. The molecule has 0 aliphatic carbocycles. The van der Waals surface area contributed by atoms with Gasteiger partial charge in [0.05, 0.1) is 5.56 Å². The van der Waals surface area contributed by atoms with Crippen LogP contribution < -0.4 is 10.1 Å². The van der Waals surface area contributed by atoms with Crippen LogP contribution in [-0.4, -0.2) is 16.5 Å². The number of rotatable bonds is 5. The summed E-state index contributed by atoms with van der Waals surface area (Å²) in [6, 6.07) is 7.71. The van der Waals surface area contributed by atoms with Crippen molar-refractivity contribution in [3.63, 3.8) is 0 Å². The van der Waals surface area contributed by atoms with Crippen molar-refractivity contribution in [1.29, 1.82) is 0 Å². The molecule has 1 aromatic carbocycles. The molecule has 5 heteroatoms. The van der Waals surface area contributed by atoms with Gasteiger partial charge >= 0.3 is 0 Å². The van der Waals surface area contributed by atoms with Crippen molar-refractivity contribution in [2.24, 2.45) is 0 Å². The van der Waals surface area contributed by atoms with E-state index in [0.29, 0.717) is 5.88 Å². The molecule has 21 heavy (non-hydrogen) atoms. The number of hydrogen-bond donors (Lipinski definition) is 1. The number of nitrogens with zero attached hydrogens (tertiary/aromatic N) is 2. The van der Waals surface area contributed by atoms with Gasteiger partial charge in [0.2, 0.25) is 5.88 Å². The molecule has 0 atom stereocenters. The SMILES string of the molecule is CCNc1nc(C(C)C)nc(Oc2ccc(Br)cc2)c1C. The van der Waals surface area contributed by atoms with Crippen LogP contribution >= 0.6 is 15.9 Å². The van der Waals surface area contributed by atoms with Crippen molar-refractivity contribution in [1.82, 2.24) is 9.97 Å². The lowest BCUT2D eigenvalue weighted by Crippen LogP contribution is -2.08. The summed E-state index contributed by atoms with van der Waals surface area (Å²) in [7, 11) is 0. The van der Waals surface area contributed by atoms with Gasteiger partial charge in [-0.05, 0) is 38.1 Å². The predicted molar refractivity (Wildman–Crippen MR) is 89.2 cm³/mol. The fraction of sp³-hybridized carbons (Fsp3) is 0.375. The van der Waals surface area contributed by atoms with Gasteiger partial charge in [-0.3, -0.25) is 0 Å². The molecular formula is C16H20BrN3O. The van der Waals surface area contributed by atoms with Gasteiger partial charge in [0, 0.05) is 16.9 Å².